The fourth-order valence-electron chi connectivity index (χ4n) is 5.96. The van der Waals surface area contributed by atoms with Crippen molar-refractivity contribution in [3.05, 3.63) is 63.8 Å². The van der Waals surface area contributed by atoms with E-state index in [1.807, 2.05) is 15.5 Å². The first-order valence-corrected chi connectivity index (χ1v) is 12.0. The summed E-state index contributed by atoms with van der Waals surface area (Å²) >= 11 is 0. The van der Waals surface area contributed by atoms with E-state index in [9.17, 15) is 18.8 Å². The fraction of sp³-hybridized carbons (Fsp3) is 0.500. The second-order valence-electron chi connectivity index (χ2n) is 9.96. The molecule has 2 amide bonds. The number of likely N-dealkylation sites (tertiary alicyclic amines) is 1. The van der Waals surface area contributed by atoms with Crippen molar-refractivity contribution in [2.24, 2.45) is 5.92 Å². The molecule has 180 valence electrons. The van der Waals surface area contributed by atoms with Gasteiger partial charge in [0.05, 0.1) is 7.11 Å². The smallest absolute Gasteiger partial charge is 0.250 e. The molecule has 8 heteroatoms. The van der Waals surface area contributed by atoms with Gasteiger partial charge in [0.1, 0.15) is 11.6 Å². The lowest BCUT2D eigenvalue weighted by Gasteiger charge is -2.43. The highest BCUT2D eigenvalue weighted by molar-refractivity contribution is 5.80. The minimum absolute atomic E-state index is 0.0238. The number of methoxy groups -OCH3 is 1. The van der Waals surface area contributed by atoms with Gasteiger partial charge in [-0.05, 0) is 61.4 Å². The average Bonchev–Trinajstić information content (AvgIpc) is 3.20. The van der Waals surface area contributed by atoms with E-state index in [2.05, 4.69) is 5.32 Å². The molecule has 3 aliphatic rings. The summed E-state index contributed by atoms with van der Waals surface area (Å²) in [6, 6.07) is 9.98. The number of piperidine rings is 1. The highest BCUT2D eigenvalue weighted by Gasteiger charge is 2.40. The van der Waals surface area contributed by atoms with Gasteiger partial charge in [0.2, 0.25) is 11.8 Å². The molecule has 2 fully saturated rings. The number of pyridine rings is 1. The summed E-state index contributed by atoms with van der Waals surface area (Å²) in [4.78, 5) is 39.5. The van der Waals surface area contributed by atoms with Gasteiger partial charge in [0.25, 0.3) is 5.56 Å². The highest BCUT2D eigenvalue weighted by atomic mass is 19.1. The van der Waals surface area contributed by atoms with Crippen molar-refractivity contribution in [1.29, 1.82) is 0 Å². The standard InChI is InChI=1S/C26H30FN3O4/c1-34-20-5-6-21(27)18(12-20)13-26(9-7-23(31)28-26)10-8-24(32)29-14-17-11-19(16-29)22-3-2-4-25(33)30(22)15-17/h2-6,12,17,19H,7-11,13-16H2,1H3,(H,28,31)/t17-,19-,26-/m0/s1. The van der Waals surface area contributed by atoms with Gasteiger partial charge < -0.3 is 19.5 Å². The van der Waals surface area contributed by atoms with Crippen LogP contribution < -0.4 is 15.6 Å². The van der Waals surface area contributed by atoms with Crippen LogP contribution in [-0.2, 0) is 22.6 Å². The molecule has 3 aliphatic heterocycles. The van der Waals surface area contributed by atoms with Crippen LogP contribution in [-0.4, -0.2) is 47.0 Å². The molecule has 0 spiro atoms. The number of nitrogens with one attached hydrogen (secondary N) is 1. The molecule has 5 rings (SSSR count). The summed E-state index contributed by atoms with van der Waals surface area (Å²) in [7, 11) is 1.53. The maximum Gasteiger partial charge on any atom is 0.250 e. The molecule has 2 saturated heterocycles. The molecule has 3 atom stereocenters. The van der Waals surface area contributed by atoms with Crippen LogP contribution in [0.5, 0.6) is 5.75 Å². The van der Waals surface area contributed by atoms with Crippen LogP contribution in [0.15, 0.2) is 41.2 Å². The lowest BCUT2D eigenvalue weighted by molar-refractivity contribution is -0.134. The van der Waals surface area contributed by atoms with Gasteiger partial charge in [-0.1, -0.05) is 6.07 Å². The zero-order valence-corrected chi connectivity index (χ0v) is 19.4. The highest BCUT2D eigenvalue weighted by Crippen LogP contribution is 2.36. The van der Waals surface area contributed by atoms with Gasteiger partial charge in [-0.2, -0.15) is 0 Å². The van der Waals surface area contributed by atoms with E-state index >= 15 is 0 Å². The minimum atomic E-state index is -0.647. The average molecular weight is 468 g/mol. The number of nitrogens with zero attached hydrogens (tertiary/aromatic N) is 2. The summed E-state index contributed by atoms with van der Waals surface area (Å²) in [5.74, 6) is 0.632. The van der Waals surface area contributed by atoms with Crippen LogP contribution in [0.3, 0.4) is 0 Å². The maximum atomic E-state index is 14.5. The van der Waals surface area contributed by atoms with Crippen molar-refractivity contribution in [3.8, 4) is 5.75 Å². The predicted octanol–water partition coefficient (Wildman–Crippen LogP) is 2.61. The van der Waals surface area contributed by atoms with Gasteiger partial charge in [-0.25, -0.2) is 4.39 Å². The fourth-order valence-corrected chi connectivity index (χ4v) is 5.96. The molecule has 2 bridgehead atoms. The van der Waals surface area contributed by atoms with Crippen molar-refractivity contribution in [3.63, 3.8) is 0 Å². The third-order valence-corrected chi connectivity index (χ3v) is 7.67. The number of carbonyl (C=O) groups is 2. The van der Waals surface area contributed by atoms with Crippen molar-refractivity contribution in [2.75, 3.05) is 20.2 Å². The monoisotopic (exact) mass is 467 g/mol. The summed E-state index contributed by atoms with van der Waals surface area (Å²) in [5, 5.41) is 3.04. The van der Waals surface area contributed by atoms with Crippen LogP contribution in [0.25, 0.3) is 0 Å². The first kappa shape index (κ1) is 22.6. The van der Waals surface area contributed by atoms with Crippen LogP contribution in [0, 0.1) is 11.7 Å². The van der Waals surface area contributed by atoms with Gasteiger partial charge in [0.15, 0.2) is 0 Å². The van der Waals surface area contributed by atoms with E-state index in [1.54, 1.807) is 24.3 Å². The molecule has 2 aromatic rings. The first-order chi connectivity index (χ1) is 16.4. The Labute approximate surface area is 197 Å². The Morgan fingerprint density at radius 1 is 1.21 bits per heavy atom. The van der Waals surface area contributed by atoms with E-state index in [0.717, 1.165) is 12.1 Å². The molecular formula is C26H30FN3O4. The topological polar surface area (TPSA) is 80.6 Å². The zero-order valence-electron chi connectivity index (χ0n) is 19.4. The van der Waals surface area contributed by atoms with Gasteiger partial charge in [-0.15, -0.1) is 0 Å². The molecule has 1 N–H and O–H groups in total. The van der Waals surface area contributed by atoms with E-state index < -0.39 is 5.54 Å². The molecule has 0 radical (unpaired) electrons. The molecular weight excluding hydrogens is 437 g/mol. The van der Waals surface area contributed by atoms with Crippen LogP contribution in [0.2, 0.25) is 0 Å². The molecule has 4 heterocycles. The van der Waals surface area contributed by atoms with Crippen LogP contribution in [0.4, 0.5) is 4.39 Å². The number of hydrogen-bond donors (Lipinski definition) is 1. The predicted molar refractivity (Wildman–Crippen MR) is 124 cm³/mol. The third kappa shape index (κ3) is 4.33. The number of ether oxygens (including phenoxy) is 1. The van der Waals surface area contributed by atoms with Crippen molar-refractivity contribution in [1.82, 2.24) is 14.8 Å². The van der Waals surface area contributed by atoms with E-state index in [1.165, 1.54) is 13.2 Å². The SMILES string of the molecule is COc1ccc(F)c(C[C@@]2(CCC(=O)N3C[C@@H]4C[C@@H](C3)c3cccc(=O)n3C4)CCC(=O)N2)c1. The Morgan fingerprint density at radius 3 is 2.82 bits per heavy atom. The molecule has 7 nitrogen and oxygen atoms in total. The van der Waals surface area contributed by atoms with Crippen molar-refractivity contribution in [2.45, 2.75) is 56.5 Å². The van der Waals surface area contributed by atoms with Crippen molar-refractivity contribution < 1.29 is 18.7 Å². The third-order valence-electron chi connectivity index (χ3n) is 7.67. The molecule has 0 saturated carbocycles. The summed E-state index contributed by atoms with van der Waals surface area (Å²) in [5.41, 5.74) is 0.861. The molecule has 0 aliphatic carbocycles. The maximum absolute atomic E-state index is 14.5. The Balaban J connectivity index is 1.29. The summed E-state index contributed by atoms with van der Waals surface area (Å²) < 4.78 is 21.6. The number of aromatic nitrogens is 1. The van der Waals surface area contributed by atoms with E-state index in [0.29, 0.717) is 56.6 Å². The molecule has 34 heavy (non-hydrogen) atoms. The second-order valence-corrected chi connectivity index (χ2v) is 9.96. The summed E-state index contributed by atoms with van der Waals surface area (Å²) in [6.07, 6.45) is 2.98. The van der Waals surface area contributed by atoms with E-state index in [-0.39, 0.29) is 41.4 Å². The number of rotatable bonds is 6. The normalized spacial score (nSPS) is 25.6. The van der Waals surface area contributed by atoms with E-state index in [4.69, 9.17) is 4.74 Å². The number of hydrogen-bond acceptors (Lipinski definition) is 4. The number of fused-ring (bicyclic) bond motifs is 4. The first-order valence-electron chi connectivity index (χ1n) is 12.0. The number of halogens is 1. The lowest BCUT2D eigenvalue weighted by Crippen LogP contribution is -2.50. The Bertz CT molecular complexity index is 1180. The second kappa shape index (κ2) is 8.89. The quantitative estimate of drug-likeness (QED) is 0.708. The Morgan fingerprint density at radius 2 is 2.06 bits per heavy atom. The molecule has 1 aromatic heterocycles. The van der Waals surface area contributed by atoms with Gasteiger partial charge in [-0.3, -0.25) is 14.4 Å². The van der Waals surface area contributed by atoms with Crippen LogP contribution >= 0.6 is 0 Å². The minimum Gasteiger partial charge on any atom is -0.497 e. The number of amides is 2. The van der Waals surface area contributed by atoms with Crippen molar-refractivity contribution >= 4 is 11.8 Å². The number of benzene rings is 1. The molecule has 0 unspecified atom stereocenters. The Kier molecular flexibility index (Phi) is 5.91. The zero-order chi connectivity index (χ0) is 23.9. The number of carbonyl (C=O) groups excluding carboxylic acids is 2. The van der Waals surface area contributed by atoms with Crippen LogP contribution in [0.1, 0.15) is 49.3 Å². The lowest BCUT2D eigenvalue weighted by atomic mass is 9.82. The Hall–Kier alpha value is -3.16. The molecule has 1 aromatic carbocycles. The van der Waals surface area contributed by atoms with Gasteiger partial charge in [0, 0.05) is 55.7 Å². The van der Waals surface area contributed by atoms with Gasteiger partial charge >= 0.3 is 0 Å². The largest absolute Gasteiger partial charge is 0.497 e. The summed E-state index contributed by atoms with van der Waals surface area (Å²) in [6.45, 7) is 1.88.